The number of rotatable bonds is 5. The van der Waals surface area contributed by atoms with E-state index < -0.39 is 10.0 Å². The third-order valence-electron chi connectivity index (χ3n) is 1.84. The molecule has 10 heteroatoms. The first-order valence-corrected chi connectivity index (χ1v) is 6.82. The summed E-state index contributed by atoms with van der Waals surface area (Å²) in [4.78, 5) is 3.56. The Balaban J connectivity index is 1.91. The Morgan fingerprint density at radius 1 is 1.53 bits per heavy atom. The third kappa shape index (κ3) is 3.11. The van der Waals surface area contributed by atoms with E-state index in [2.05, 4.69) is 41.0 Å². The minimum absolute atomic E-state index is 0.185. The number of hydrogen-bond donors (Lipinski definition) is 2. The van der Waals surface area contributed by atoms with Gasteiger partial charge in [-0.05, 0) is 15.9 Å². The predicted octanol–water partition coefficient (Wildman–Crippen LogP) is 0.0762. The molecule has 0 atom stereocenters. The normalized spacial score (nSPS) is 11.8. The second-order valence-corrected chi connectivity index (χ2v) is 5.55. The van der Waals surface area contributed by atoms with E-state index in [1.807, 2.05) is 0 Å². The van der Waals surface area contributed by atoms with E-state index in [4.69, 9.17) is 4.52 Å². The van der Waals surface area contributed by atoms with Crippen molar-refractivity contribution in [1.82, 2.24) is 25.1 Å². The van der Waals surface area contributed by atoms with Crippen LogP contribution < -0.4 is 4.72 Å². The summed E-state index contributed by atoms with van der Waals surface area (Å²) in [5, 5.41) is 9.15. The number of H-pyrrole nitrogens is 1. The van der Waals surface area contributed by atoms with E-state index in [9.17, 15) is 8.42 Å². The average molecular weight is 322 g/mol. The molecule has 2 aromatic heterocycles. The SMILES string of the molecule is O=S(=O)(NCCc1cc(Br)no1)c1ncn[nH]1. The largest absolute Gasteiger partial charge is 0.360 e. The lowest BCUT2D eigenvalue weighted by Crippen LogP contribution is -2.26. The van der Waals surface area contributed by atoms with Crippen LogP contribution in [0, 0.1) is 0 Å². The van der Waals surface area contributed by atoms with Gasteiger partial charge < -0.3 is 4.52 Å². The first kappa shape index (κ1) is 12.2. The maximum atomic E-state index is 11.6. The summed E-state index contributed by atoms with van der Waals surface area (Å²) in [5.74, 6) is 0.581. The van der Waals surface area contributed by atoms with Gasteiger partial charge >= 0.3 is 0 Å². The van der Waals surface area contributed by atoms with E-state index in [0.717, 1.165) is 6.33 Å². The molecule has 92 valence electrons. The van der Waals surface area contributed by atoms with Gasteiger partial charge in [-0.3, -0.25) is 0 Å². The number of sulfonamides is 1. The molecule has 0 aromatic carbocycles. The Morgan fingerprint density at radius 2 is 2.35 bits per heavy atom. The summed E-state index contributed by atoms with van der Waals surface area (Å²) in [7, 11) is -3.63. The van der Waals surface area contributed by atoms with Gasteiger partial charge in [0, 0.05) is 19.0 Å². The lowest BCUT2D eigenvalue weighted by atomic mass is 10.3. The van der Waals surface area contributed by atoms with Crippen LogP contribution >= 0.6 is 15.9 Å². The Bertz CT molecular complexity index is 578. The van der Waals surface area contributed by atoms with Gasteiger partial charge in [-0.2, -0.15) is 5.10 Å². The molecular weight excluding hydrogens is 314 g/mol. The second-order valence-electron chi connectivity index (χ2n) is 3.05. The van der Waals surface area contributed by atoms with Crippen LogP contribution in [-0.2, 0) is 16.4 Å². The van der Waals surface area contributed by atoms with Crippen molar-refractivity contribution >= 4 is 26.0 Å². The highest BCUT2D eigenvalue weighted by Crippen LogP contribution is 2.10. The molecule has 0 aliphatic heterocycles. The molecule has 0 fully saturated rings. The molecule has 2 rings (SSSR count). The van der Waals surface area contributed by atoms with Gasteiger partial charge in [-0.25, -0.2) is 23.2 Å². The molecule has 0 saturated heterocycles. The molecule has 0 aliphatic carbocycles. The minimum atomic E-state index is -3.63. The van der Waals surface area contributed by atoms with Crippen molar-refractivity contribution < 1.29 is 12.9 Å². The number of hydrogen-bond acceptors (Lipinski definition) is 6. The highest BCUT2D eigenvalue weighted by atomic mass is 79.9. The van der Waals surface area contributed by atoms with Gasteiger partial charge in [-0.15, -0.1) is 0 Å². The monoisotopic (exact) mass is 321 g/mol. The molecule has 0 unspecified atom stereocenters. The molecule has 0 radical (unpaired) electrons. The molecule has 2 heterocycles. The summed E-state index contributed by atoms with van der Waals surface area (Å²) >= 11 is 3.13. The molecule has 0 spiro atoms. The Hall–Kier alpha value is -1.26. The van der Waals surface area contributed by atoms with Gasteiger partial charge in [0.15, 0.2) is 0 Å². The van der Waals surface area contributed by atoms with Crippen LogP contribution in [0.1, 0.15) is 5.76 Å². The molecule has 0 aliphatic rings. The van der Waals surface area contributed by atoms with Crippen molar-refractivity contribution in [2.45, 2.75) is 11.6 Å². The fourth-order valence-corrected chi connectivity index (χ4v) is 2.30. The topological polar surface area (TPSA) is 114 Å². The smallest absolute Gasteiger partial charge is 0.275 e. The number of halogens is 1. The van der Waals surface area contributed by atoms with Crippen molar-refractivity contribution in [2.75, 3.05) is 6.54 Å². The zero-order chi connectivity index (χ0) is 12.3. The van der Waals surface area contributed by atoms with Crippen LogP contribution in [0.4, 0.5) is 0 Å². The molecule has 17 heavy (non-hydrogen) atoms. The van der Waals surface area contributed by atoms with Crippen LogP contribution in [-0.4, -0.2) is 35.3 Å². The van der Waals surface area contributed by atoms with Crippen LogP contribution in [0.25, 0.3) is 0 Å². The number of nitrogens with one attached hydrogen (secondary N) is 2. The van der Waals surface area contributed by atoms with Gasteiger partial charge in [0.1, 0.15) is 16.7 Å². The quantitative estimate of drug-likeness (QED) is 0.805. The number of aromatic nitrogens is 4. The summed E-state index contributed by atoms with van der Waals surface area (Å²) in [6.45, 7) is 0.185. The minimum Gasteiger partial charge on any atom is -0.360 e. The molecular formula is C7H8BrN5O3S. The molecule has 2 N–H and O–H groups in total. The van der Waals surface area contributed by atoms with E-state index in [1.165, 1.54) is 0 Å². The average Bonchev–Trinajstić information content (AvgIpc) is 2.89. The van der Waals surface area contributed by atoms with Crippen LogP contribution in [0.5, 0.6) is 0 Å². The summed E-state index contributed by atoms with van der Waals surface area (Å²) in [6, 6.07) is 1.67. The van der Waals surface area contributed by atoms with Crippen molar-refractivity contribution in [3.05, 3.63) is 22.8 Å². The molecule has 0 bridgehead atoms. The number of nitrogens with zero attached hydrogens (tertiary/aromatic N) is 3. The number of aromatic amines is 1. The highest BCUT2D eigenvalue weighted by molar-refractivity contribution is 9.10. The van der Waals surface area contributed by atoms with E-state index in [1.54, 1.807) is 6.07 Å². The third-order valence-corrected chi connectivity index (χ3v) is 3.50. The lowest BCUT2D eigenvalue weighted by molar-refractivity contribution is 0.380. The van der Waals surface area contributed by atoms with E-state index in [0.29, 0.717) is 16.8 Å². The molecule has 8 nitrogen and oxygen atoms in total. The predicted molar refractivity (Wildman–Crippen MR) is 59.5 cm³/mol. The van der Waals surface area contributed by atoms with Crippen molar-refractivity contribution in [1.29, 1.82) is 0 Å². The van der Waals surface area contributed by atoms with Gasteiger partial charge in [0.05, 0.1) is 0 Å². The second kappa shape index (κ2) is 4.94. The summed E-state index contributed by atoms with van der Waals surface area (Å²) in [5.41, 5.74) is 0. The Kier molecular flexibility index (Phi) is 3.54. The van der Waals surface area contributed by atoms with Crippen molar-refractivity contribution in [2.24, 2.45) is 0 Å². The fraction of sp³-hybridized carbons (Fsp3) is 0.286. The lowest BCUT2D eigenvalue weighted by Gasteiger charge is -2.01. The van der Waals surface area contributed by atoms with Crippen molar-refractivity contribution in [3.63, 3.8) is 0 Å². The van der Waals surface area contributed by atoms with Crippen molar-refractivity contribution in [3.8, 4) is 0 Å². The molecule has 2 aromatic rings. The fourth-order valence-electron chi connectivity index (χ4n) is 1.11. The Morgan fingerprint density at radius 3 is 2.94 bits per heavy atom. The zero-order valence-corrected chi connectivity index (χ0v) is 10.8. The van der Waals surface area contributed by atoms with Crippen LogP contribution in [0.15, 0.2) is 26.7 Å². The summed E-state index contributed by atoms with van der Waals surface area (Å²) in [6.07, 6.45) is 1.52. The summed E-state index contributed by atoms with van der Waals surface area (Å²) < 4.78 is 31.0. The standard InChI is InChI=1S/C7H8BrN5O3S/c8-6-3-5(16-13-6)1-2-11-17(14,15)7-9-4-10-12-7/h3-4,11H,1-2H2,(H,9,10,12). The molecule has 0 amide bonds. The van der Waals surface area contributed by atoms with Gasteiger partial charge in [0.2, 0.25) is 0 Å². The first-order chi connectivity index (χ1) is 8.08. The van der Waals surface area contributed by atoms with E-state index in [-0.39, 0.29) is 11.7 Å². The maximum absolute atomic E-state index is 11.6. The Labute approximate surface area is 105 Å². The van der Waals surface area contributed by atoms with Crippen LogP contribution in [0.3, 0.4) is 0 Å². The van der Waals surface area contributed by atoms with Gasteiger partial charge in [0.25, 0.3) is 15.2 Å². The zero-order valence-electron chi connectivity index (χ0n) is 8.42. The highest BCUT2D eigenvalue weighted by Gasteiger charge is 2.16. The molecule has 0 saturated carbocycles. The maximum Gasteiger partial charge on any atom is 0.275 e. The van der Waals surface area contributed by atoms with Crippen LogP contribution in [0.2, 0.25) is 0 Å². The van der Waals surface area contributed by atoms with E-state index >= 15 is 0 Å². The van der Waals surface area contributed by atoms with Gasteiger partial charge in [-0.1, -0.05) is 5.16 Å². The first-order valence-electron chi connectivity index (χ1n) is 4.54.